The van der Waals surface area contributed by atoms with Gasteiger partial charge in [0.15, 0.2) is 5.58 Å². The summed E-state index contributed by atoms with van der Waals surface area (Å²) < 4.78 is 7.04. The predicted octanol–water partition coefficient (Wildman–Crippen LogP) is 14.1. The molecular formula is C52H35NO. The summed E-state index contributed by atoms with van der Waals surface area (Å²) in [5.41, 5.74) is 13.5. The van der Waals surface area contributed by atoms with Crippen molar-refractivity contribution in [1.82, 2.24) is 0 Å². The fraction of sp³-hybridized carbons (Fsp3) is 0.0769. The number of para-hydroxylation sites is 1. The molecule has 9 aromatic rings. The van der Waals surface area contributed by atoms with Crippen LogP contribution in [0.5, 0.6) is 0 Å². The molecule has 0 fully saturated rings. The molecular weight excluding hydrogens is 655 g/mol. The molecule has 2 nitrogen and oxygen atoms in total. The normalized spacial score (nSPS) is 17.2. The quantitative estimate of drug-likeness (QED) is 0.184. The van der Waals surface area contributed by atoms with Gasteiger partial charge in [0.1, 0.15) is 5.58 Å². The molecule has 2 aliphatic carbocycles. The molecule has 1 aliphatic heterocycles. The number of allylic oxidation sites excluding steroid dienone is 3. The summed E-state index contributed by atoms with van der Waals surface area (Å²) in [6.07, 6.45) is 15.9. The summed E-state index contributed by atoms with van der Waals surface area (Å²) in [6, 6.07) is 51.6. The van der Waals surface area contributed by atoms with Crippen LogP contribution in [0.2, 0.25) is 0 Å². The Balaban J connectivity index is 1.17. The van der Waals surface area contributed by atoms with Gasteiger partial charge in [0.05, 0.1) is 11.7 Å². The highest BCUT2D eigenvalue weighted by molar-refractivity contribution is 6.22. The van der Waals surface area contributed by atoms with Gasteiger partial charge in [-0.2, -0.15) is 0 Å². The number of anilines is 2. The van der Waals surface area contributed by atoms with Gasteiger partial charge in [0.25, 0.3) is 0 Å². The monoisotopic (exact) mass is 689 g/mol. The molecule has 3 aliphatic rings. The Hall–Kier alpha value is -6.64. The molecule has 0 bridgehead atoms. The van der Waals surface area contributed by atoms with Gasteiger partial charge in [0, 0.05) is 22.4 Å². The van der Waals surface area contributed by atoms with E-state index in [1.807, 2.05) is 0 Å². The van der Waals surface area contributed by atoms with E-state index < -0.39 is 0 Å². The maximum absolute atomic E-state index is 7.04. The maximum Gasteiger partial charge on any atom is 0.159 e. The molecule has 0 radical (unpaired) electrons. The molecule has 12 rings (SSSR count). The van der Waals surface area contributed by atoms with Crippen LogP contribution in [0.4, 0.5) is 11.4 Å². The van der Waals surface area contributed by atoms with Crippen LogP contribution in [0, 0.1) is 0 Å². The zero-order valence-corrected chi connectivity index (χ0v) is 29.7. The molecule has 2 heteroatoms. The van der Waals surface area contributed by atoms with Crippen LogP contribution < -0.4 is 4.90 Å². The summed E-state index contributed by atoms with van der Waals surface area (Å²) in [4.78, 5) is 2.54. The summed E-state index contributed by atoms with van der Waals surface area (Å²) in [7, 11) is 0. The van der Waals surface area contributed by atoms with E-state index in [9.17, 15) is 0 Å². The number of hydrogen-bond acceptors (Lipinski definition) is 2. The first-order valence-electron chi connectivity index (χ1n) is 19.2. The molecule has 0 saturated carbocycles. The van der Waals surface area contributed by atoms with Crippen LogP contribution in [-0.2, 0) is 6.42 Å². The third-order valence-electron chi connectivity index (χ3n) is 12.2. The lowest BCUT2D eigenvalue weighted by Crippen LogP contribution is -2.28. The van der Waals surface area contributed by atoms with Gasteiger partial charge in [0.2, 0.25) is 0 Å². The minimum Gasteiger partial charge on any atom is -0.454 e. The van der Waals surface area contributed by atoms with Gasteiger partial charge in [-0.05, 0) is 108 Å². The molecule has 2 unspecified atom stereocenters. The first kappa shape index (κ1) is 29.9. The van der Waals surface area contributed by atoms with E-state index in [-0.39, 0.29) is 12.0 Å². The summed E-state index contributed by atoms with van der Waals surface area (Å²) >= 11 is 0. The molecule has 0 amide bonds. The van der Waals surface area contributed by atoms with E-state index in [4.69, 9.17) is 4.42 Å². The second-order valence-electron chi connectivity index (χ2n) is 15.0. The number of nitrogens with zero attached hydrogens (tertiary/aromatic N) is 1. The summed E-state index contributed by atoms with van der Waals surface area (Å²) in [6.45, 7) is 0. The SMILES string of the molecule is C1=CC2c3cc4ccccc4cc3N(c3ccc(-c4c5c(c(-c6cccc7ccccc67)c6ccccc46)CCC=C5)c4c3oc3ccccc34)C2C=C1. The van der Waals surface area contributed by atoms with Crippen LogP contribution in [0.3, 0.4) is 0 Å². The Morgan fingerprint density at radius 2 is 1.26 bits per heavy atom. The predicted molar refractivity (Wildman–Crippen MR) is 228 cm³/mol. The number of rotatable bonds is 3. The average molecular weight is 690 g/mol. The topological polar surface area (TPSA) is 16.4 Å². The van der Waals surface area contributed by atoms with Crippen molar-refractivity contribution in [3.05, 3.63) is 187 Å². The highest BCUT2D eigenvalue weighted by atomic mass is 16.3. The molecule has 1 aromatic heterocycles. The lowest BCUT2D eigenvalue weighted by Gasteiger charge is -2.29. The Morgan fingerprint density at radius 1 is 0.556 bits per heavy atom. The van der Waals surface area contributed by atoms with Gasteiger partial charge >= 0.3 is 0 Å². The van der Waals surface area contributed by atoms with Crippen molar-refractivity contribution in [2.75, 3.05) is 4.90 Å². The second-order valence-corrected chi connectivity index (χ2v) is 15.0. The Labute approximate surface area is 313 Å². The number of fused-ring (bicyclic) bond motifs is 10. The molecule has 54 heavy (non-hydrogen) atoms. The van der Waals surface area contributed by atoms with Crippen molar-refractivity contribution in [1.29, 1.82) is 0 Å². The molecule has 0 N–H and O–H groups in total. The minimum absolute atomic E-state index is 0.153. The zero-order valence-electron chi connectivity index (χ0n) is 29.7. The number of benzene rings is 8. The fourth-order valence-corrected chi connectivity index (χ4v) is 9.94. The van der Waals surface area contributed by atoms with Gasteiger partial charge in [-0.15, -0.1) is 0 Å². The Kier molecular flexibility index (Phi) is 6.32. The summed E-state index contributed by atoms with van der Waals surface area (Å²) in [5, 5.41) is 9.98. The number of furan rings is 1. The van der Waals surface area contributed by atoms with Crippen molar-refractivity contribution in [3.63, 3.8) is 0 Å². The van der Waals surface area contributed by atoms with Crippen molar-refractivity contribution in [3.8, 4) is 22.3 Å². The third kappa shape index (κ3) is 4.17. The first-order chi connectivity index (χ1) is 26.8. The van der Waals surface area contributed by atoms with Crippen LogP contribution in [0.15, 0.2) is 174 Å². The molecule has 8 aromatic carbocycles. The van der Waals surface area contributed by atoms with E-state index in [1.165, 1.54) is 82.3 Å². The first-order valence-corrected chi connectivity index (χ1v) is 19.2. The van der Waals surface area contributed by atoms with Gasteiger partial charge in [-0.3, -0.25) is 0 Å². The Bertz CT molecular complexity index is 3130. The highest BCUT2D eigenvalue weighted by Crippen LogP contribution is 2.54. The molecule has 0 saturated heterocycles. The largest absolute Gasteiger partial charge is 0.454 e. The number of hydrogen-bond donors (Lipinski definition) is 0. The van der Waals surface area contributed by atoms with E-state index in [0.29, 0.717) is 0 Å². The van der Waals surface area contributed by atoms with Crippen molar-refractivity contribution < 1.29 is 4.42 Å². The molecule has 0 spiro atoms. The minimum atomic E-state index is 0.153. The fourth-order valence-electron chi connectivity index (χ4n) is 9.94. The van der Waals surface area contributed by atoms with E-state index in [0.717, 1.165) is 35.1 Å². The van der Waals surface area contributed by atoms with Crippen LogP contribution >= 0.6 is 0 Å². The van der Waals surface area contributed by atoms with Crippen LogP contribution in [0.25, 0.3) is 82.6 Å². The van der Waals surface area contributed by atoms with Crippen LogP contribution in [-0.4, -0.2) is 6.04 Å². The van der Waals surface area contributed by atoms with Crippen molar-refractivity contribution in [2.24, 2.45) is 0 Å². The van der Waals surface area contributed by atoms with Crippen LogP contribution in [0.1, 0.15) is 29.0 Å². The standard InChI is InChI=1S/C52H35NO/c1-2-16-34-31-47-44(30-33(34)15-1)36-19-9-11-26-45(36)53(47)46-29-28-43(51-42-24-10-12-27-48(42)54-52(46)51)50-40-22-7-5-20-38(40)49(39-21-6-8-23-41(39)50)37-25-13-17-32-14-3-4-18-35(32)37/h1-5,7-20,22-31,36,45H,6,21H2. The smallest absolute Gasteiger partial charge is 0.159 e. The maximum atomic E-state index is 7.04. The van der Waals surface area contributed by atoms with Crippen molar-refractivity contribution >= 4 is 71.7 Å². The van der Waals surface area contributed by atoms with Gasteiger partial charge < -0.3 is 9.32 Å². The van der Waals surface area contributed by atoms with Gasteiger partial charge in [-0.1, -0.05) is 152 Å². The van der Waals surface area contributed by atoms with E-state index in [1.54, 1.807) is 0 Å². The lowest BCUT2D eigenvalue weighted by molar-refractivity contribution is 0.663. The van der Waals surface area contributed by atoms with Crippen molar-refractivity contribution in [2.45, 2.75) is 24.8 Å². The van der Waals surface area contributed by atoms with E-state index in [2.05, 4.69) is 181 Å². The summed E-state index contributed by atoms with van der Waals surface area (Å²) in [5.74, 6) is 0.261. The van der Waals surface area contributed by atoms with Gasteiger partial charge in [-0.25, -0.2) is 0 Å². The lowest BCUT2D eigenvalue weighted by atomic mass is 9.79. The second kappa shape index (κ2) is 11.4. The molecule has 2 heterocycles. The zero-order chi connectivity index (χ0) is 35.3. The highest BCUT2D eigenvalue weighted by Gasteiger charge is 2.39. The average Bonchev–Trinajstić information content (AvgIpc) is 3.78. The third-order valence-corrected chi connectivity index (χ3v) is 12.2. The van der Waals surface area contributed by atoms with E-state index >= 15 is 0 Å². The Morgan fingerprint density at radius 3 is 2.13 bits per heavy atom. The molecule has 254 valence electrons. The molecule has 2 atom stereocenters.